The van der Waals surface area contributed by atoms with Crippen LogP contribution in [0.25, 0.3) is 0 Å². The average molecular weight is 327 g/mol. The molecule has 2 aromatic carbocycles. The van der Waals surface area contributed by atoms with Crippen molar-refractivity contribution in [2.75, 3.05) is 14.2 Å². The molecule has 1 N–H and O–H groups in total. The summed E-state index contributed by atoms with van der Waals surface area (Å²) in [5.41, 5.74) is 3.28. The minimum atomic E-state index is -0.0268. The van der Waals surface area contributed by atoms with Gasteiger partial charge in [0.25, 0.3) is 0 Å². The lowest BCUT2D eigenvalue weighted by Crippen LogP contribution is -2.26. The van der Waals surface area contributed by atoms with Crippen LogP contribution in [0.2, 0.25) is 0 Å². The van der Waals surface area contributed by atoms with Gasteiger partial charge in [-0.25, -0.2) is 0 Å². The van der Waals surface area contributed by atoms with E-state index in [9.17, 15) is 4.79 Å². The van der Waals surface area contributed by atoms with Gasteiger partial charge in [-0.15, -0.1) is 0 Å². The second-order valence-electron chi connectivity index (χ2n) is 5.87. The molecule has 0 aliphatic rings. The lowest BCUT2D eigenvalue weighted by atomic mass is 10.0. The predicted octanol–water partition coefficient (Wildman–Crippen LogP) is 3.82. The molecule has 0 spiro atoms. The molecule has 2 rings (SSSR count). The standard InChI is InChI=1S/C20H25NO3/c1-14-13-16(5-11-19(14)24-4)6-12-20(22)21-15(2)17-7-9-18(23-3)10-8-17/h5,7-11,13,15H,6,12H2,1-4H3,(H,21,22)/t15-/m1/s1. The zero-order valence-electron chi connectivity index (χ0n) is 14.8. The molecule has 0 saturated carbocycles. The lowest BCUT2D eigenvalue weighted by Gasteiger charge is -2.15. The quantitative estimate of drug-likeness (QED) is 0.841. The molecule has 128 valence electrons. The normalized spacial score (nSPS) is 11.7. The summed E-state index contributed by atoms with van der Waals surface area (Å²) in [7, 11) is 3.30. The van der Waals surface area contributed by atoms with Gasteiger partial charge in [-0.05, 0) is 55.2 Å². The Bertz CT molecular complexity index is 680. The Labute approximate surface area is 143 Å². The summed E-state index contributed by atoms with van der Waals surface area (Å²) < 4.78 is 10.4. The minimum Gasteiger partial charge on any atom is -0.497 e. The number of hydrogen-bond donors (Lipinski definition) is 1. The maximum absolute atomic E-state index is 12.2. The van der Waals surface area contributed by atoms with Crippen LogP contribution in [0.4, 0.5) is 0 Å². The summed E-state index contributed by atoms with van der Waals surface area (Å²) >= 11 is 0. The number of carbonyl (C=O) groups is 1. The Hall–Kier alpha value is -2.49. The third kappa shape index (κ3) is 4.75. The largest absolute Gasteiger partial charge is 0.497 e. The van der Waals surface area contributed by atoms with Gasteiger partial charge in [0.05, 0.1) is 20.3 Å². The first kappa shape index (κ1) is 17.9. The monoisotopic (exact) mass is 327 g/mol. The second-order valence-corrected chi connectivity index (χ2v) is 5.87. The lowest BCUT2D eigenvalue weighted by molar-refractivity contribution is -0.121. The highest BCUT2D eigenvalue weighted by atomic mass is 16.5. The van der Waals surface area contributed by atoms with E-state index in [0.29, 0.717) is 12.8 Å². The van der Waals surface area contributed by atoms with E-state index < -0.39 is 0 Å². The third-order valence-electron chi connectivity index (χ3n) is 4.09. The number of aryl methyl sites for hydroxylation is 2. The molecule has 1 amide bonds. The first-order valence-corrected chi connectivity index (χ1v) is 8.10. The number of nitrogens with one attached hydrogen (secondary N) is 1. The van der Waals surface area contributed by atoms with Crippen LogP contribution in [0.3, 0.4) is 0 Å². The van der Waals surface area contributed by atoms with Gasteiger partial charge in [0.2, 0.25) is 5.91 Å². The summed E-state index contributed by atoms with van der Waals surface area (Å²) in [5, 5.41) is 3.04. The maximum atomic E-state index is 12.2. The van der Waals surface area contributed by atoms with E-state index in [1.807, 2.05) is 50.2 Å². The van der Waals surface area contributed by atoms with Crippen LogP contribution in [-0.2, 0) is 11.2 Å². The fourth-order valence-electron chi connectivity index (χ4n) is 2.64. The van der Waals surface area contributed by atoms with Crippen LogP contribution in [0.1, 0.15) is 36.1 Å². The molecule has 24 heavy (non-hydrogen) atoms. The Morgan fingerprint density at radius 3 is 2.38 bits per heavy atom. The Morgan fingerprint density at radius 2 is 1.79 bits per heavy atom. The molecular weight excluding hydrogens is 302 g/mol. The Kier molecular flexibility index (Phi) is 6.24. The third-order valence-corrected chi connectivity index (χ3v) is 4.09. The van der Waals surface area contributed by atoms with Crippen LogP contribution in [0, 0.1) is 6.92 Å². The molecule has 0 aromatic heterocycles. The number of benzene rings is 2. The van der Waals surface area contributed by atoms with Gasteiger partial charge in [0.1, 0.15) is 11.5 Å². The fourth-order valence-corrected chi connectivity index (χ4v) is 2.64. The molecule has 0 aliphatic carbocycles. The van der Waals surface area contributed by atoms with E-state index in [0.717, 1.165) is 28.2 Å². The topological polar surface area (TPSA) is 47.6 Å². The molecule has 0 saturated heterocycles. The highest BCUT2D eigenvalue weighted by molar-refractivity contribution is 5.76. The fraction of sp³-hybridized carbons (Fsp3) is 0.350. The number of ether oxygens (including phenoxy) is 2. The van der Waals surface area contributed by atoms with Crippen LogP contribution in [0.15, 0.2) is 42.5 Å². The van der Waals surface area contributed by atoms with Gasteiger partial charge in [-0.3, -0.25) is 4.79 Å². The van der Waals surface area contributed by atoms with Gasteiger partial charge in [0, 0.05) is 6.42 Å². The number of amides is 1. The SMILES string of the molecule is COc1ccc([C@@H](C)NC(=O)CCc2ccc(OC)c(C)c2)cc1. The van der Waals surface area contributed by atoms with Crippen molar-refractivity contribution in [3.63, 3.8) is 0 Å². The summed E-state index contributed by atoms with van der Waals surface area (Å²) in [6, 6.07) is 13.7. The maximum Gasteiger partial charge on any atom is 0.220 e. The number of methoxy groups -OCH3 is 2. The van der Waals surface area contributed by atoms with E-state index in [-0.39, 0.29) is 11.9 Å². The van der Waals surface area contributed by atoms with Crippen molar-refractivity contribution in [2.24, 2.45) is 0 Å². The van der Waals surface area contributed by atoms with Gasteiger partial charge < -0.3 is 14.8 Å². The molecule has 0 unspecified atom stereocenters. The highest BCUT2D eigenvalue weighted by Crippen LogP contribution is 2.20. The van der Waals surface area contributed by atoms with E-state index in [4.69, 9.17) is 9.47 Å². The zero-order chi connectivity index (χ0) is 17.5. The first-order valence-electron chi connectivity index (χ1n) is 8.10. The minimum absolute atomic E-state index is 0.0268. The predicted molar refractivity (Wildman–Crippen MR) is 95.6 cm³/mol. The van der Waals surface area contributed by atoms with E-state index in [1.165, 1.54) is 0 Å². The van der Waals surface area contributed by atoms with Crippen LogP contribution >= 0.6 is 0 Å². The number of hydrogen-bond acceptors (Lipinski definition) is 3. The molecule has 0 radical (unpaired) electrons. The number of rotatable bonds is 7. The first-order chi connectivity index (χ1) is 11.5. The van der Waals surface area contributed by atoms with Gasteiger partial charge in [-0.1, -0.05) is 24.3 Å². The van der Waals surface area contributed by atoms with E-state index >= 15 is 0 Å². The van der Waals surface area contributed by atoms with Gasteiger partial charge in [-0.2, -0.15) is 0 Å². The van der Waals surface area contributed by atoms with Crippen LogP contribution < -0.4 is 14.8 Å². The summed E-state index contributed by atoms with van der Waals surface area (Å²) in [5.74, 6) is 1.73. The van der Waals surface area contributed by atoms with Crippen molar-refractivity contribution >= 4 is 5.91 Å². The Morgan fingerprint density at radius 1 is 1.08 bits per heavy atom. The molecule has 1 atom stereocenters. The zero-order valence-corrected chi connectivity index (χ0v) is 14.8. The van der Waals surface area contributed by atoms with Crippen molar-refractivity contribution in [2.45, 2.75) is 32.7 Å². The van der Waals surface area contributed by atoms with Crippen LogP contribution in [0.5, 0.6) is 11.5 Å². The summed E-state index contributed by atoms with van der Waals surface area (Å²) in [4.78, 5) is 12.2. The highest BCUT2D eigenvalue weighted by Gasteiger charge is 2.10. The molecule has 2 aromatic rings. The number of carbonyl (C=O) groups excluding carboxylic acids is 1. The van der Waals surface area contributed by atoms with Crippen molar-refractivity contribution in [1.82, 2.24) is 5.32 Å². The van der Waals surface area contributed by atoms with Crippen molar-refractivity contribution < 1.29 is 14.3 Å². The molecule has 0 aliphatic heterocycles. The van der Waals surface area contributed by atoms with Crippen LogP contribution in [-0.4, -0.2) is 20.1 Å². The van der Waals surface area contributed by atoms with Gasteiger partial charge in [0.15, 0.2) is 0 Å². The molecule has 0 heterocycles. The summed E-state index contributed by atoms with van der Waals surface area (Å²) in [6.45, 7) is 3.99. The van der Waals surface area contributed by atoms with E-state index in [2.05, 4.69) is 11.4 Å². The summed E-state index contributed by atoms with van der Waals surface area (Å²) in [6.07, 6.45) is 1.18. The molecule has 0 bridgehead atoms. The van der Waals surface area contributed by atoms with Gasteiger partial charge >= 0.3 is 0 Å². The average Bonchev–Trinajstić information content (AvgIpc) is 2.60. The second kappa shape index (κ2) is 8.39. The van der Waals surface area contributed by atoms with Crippen molar-refractivity contribution in [1.29, 1.82) is 0 Å². The van der Waals surface area contributed by atoms with E-state index in [1.54, 1.807) is 14.2 Å². The van der Waals surface area contributed by atoms with Crippen molar-refractivity contribution in [3.8, 4) is 11.5 Å². The van der Waals surface area contributed by atoms with Crippen molar-refractivity contribution in [3.05, 3.63) is 59.2 Å². The molecular formula is C20H25NO3. The Balaban J connectivity index is 1.87. The molecule has 4 heteroatoms. The molecule has 4 nitrogen and oxygen atoms in total. The molecule has 0 fully saturated rings. The smallest absolute Gasteiger partial charge is 0.220 e.